The standard InChI is InChI=1S/C23H24F4N2O/c1-5-22(29-28-4)16(3)18-7-6-8-20(13-18)30-14-17-9-10-21(23(25,26)27)19(12-17)11-15(2)24/h1,6-10,12-13,15,28-29H,11,14H2,2-4H3/b22-16+. The van der Waals surface area contributed by atoms with Crippen molar-refractivity contribution in [2.24, 2.45) is 0 Å². The van der Waals surface area contributed by atoms with Crippen LogP contribution in [0, 0.1) is 12.3 Å². The molecular weight excluding hydrogens is 396 g/mol. The van der Waals surface area contributed by atoms with Gasteiger partial charge in [-0.1, -0.05) is 30.2 Å². The molecule has 0 saturated heterocycles. The Kier molecular flexibility index (Phi) is 7.90. The normalized spacial score (nSPS) is 13.3. The van der Waals surface area contributed by atoms with Gasteiger partial charge in [-0.05, 0) is 54.3 Å². The summed E-state index contributed by atoms with van der Waals surface area (Å²) >= 11 is 0. The third-order valence-corrected chi connectivity index (χ3v) is 4.42. The molecule has 0 bridgehead atoms. The fourth-order valence-corrected chi connectivity index (χ4v) is 2.98. The maximum Gasteiger partial charge on any atom is 0.416 e. The lowest BCUT2D eigenvalue weighted by molar-refractivity contribution is -0.138. The minimum Gasteiger partial charge on any atom is -0.489 e. The van der Waals surface area contributed by atoms with Gasteiger partial charge in [-0.25, -0.2) is 9.82 Å². The van der Waals surface area contributed by atoms with E-state index in [1.165, 1.54) is 19.1 Å². The van der Waals surface area contributed by atoms with E-state index in [-0.39, 0.29) is 18.6 Å². The molecule has 0 aliphatic carbocycles. The number of terminal acetylenes is 1. The molecule has 0 aliphatic heterocycles. The van der Waals surface area contributed by atoms with E-state index in [1.54, 1.807) is 25.2 Å². The number of halogens is 4. The molecule has 1 atom stereocenters. The summed E-state index contributed by atoms with van der Waals surface area (Å²) in [6, 6.07) is 10.9. The van der Waals surface area contributed by atoms with Gasteiger partial charge in [0, 0.05) is 13.5 Å². The Morgan fingerprint density at radius 2 is 1.93 bits per heavy atom. The van der Waals surface area contributed by atoms with E-state index in [0.717, 1.165) is 17.2 Å². The first kappa shape index (κ1) is 23.3. The fourth-order valence-electron chi connectivity index (χ4n) is 2.98. The zero-order valence-corrected chi connectivity index (χ0v) is 17.0. The van der Waals surface area contributed by atoms with Gasteiger partial charge < -0.3 is 10.2 Å². The van der Waals surface area contributed by atoms with Gasteiger partial charge in [0.2, 0.25) is 0 Å². The number of hydrogen-bond donors (Lipinski definition) is 2. The van der Waals surface area contributed by atoms with Gasteiger partial charge in [0.25, 0.3) is 0 Å². The summed E-state index contributed by atoms with van der Waals surface area (Å²) < 4.78 is 58.6. The Morgan fingerprint density at radius 3 is 2.53 bits per heavy atom. The van der Waals surface area contributed by atoms with Crippen molar-refractivity contribution >= 4 is 5.57 Å². The maximum absolute atomic E-state index is 13.4. The van der Waals surface area contributed by atoms with E-state index in [9.17, 15) is 17.6 Å². The van der Waals surface area contributed by atoms with E-state index in [0.29, 0.717) is 17.0 Å². The minimum absolute atomic E-state index is 0.0504. The van der Waals surface area contributed by atoms with Gasteiger partial charge in [0.15, 0.2) is 0 Å². The van der Waals surface area contributed by atoms with Crippen molar-refractivity contribution in [2.45, 2.75) is 39.2 Å². The number of alkyl halides is 4. The first-order chi connectivity index (χ1) is 14.2. The average molecular weight is 420 g/mol. The van der Waals surface area contributed by atoms with Crippen molar-refractivity contribution in [1.29, 1.82) is 0 Å². The van der Waals surface area contributed by atoms with Crippen molar-refractivity contribution in [3.05, 3.63) is 70.4 Å². The Balaban J connectivity index is 2.23. The molecule has 2 rings (SSSR count). The first-order valence-corrected chi connectivity index (χ1v) is 9.32. The van der Waals surface area contributed by atoms with Crippen molar-refractivity contribution < 1.29 is 22.3 Å². The quantitative estimate of drug-likeness (QED) is 0.347. The Morgan fingerprint density at radius 1 is 1.20 bits per heavy atom. The molecule has 3 nitrogen and oxygen atoms in total. The van der Waals surface area contributed by atoms with Gasteiger partial charge in [-0.15, -0.1) is 6.42 Å². The van der Waals surface area contributed by atoms with Crippen LogP contribution in [0.1, 0.15) is 36.1 Å². The summed E-state index contributed by atoms with van der Waals surface area (Å²) in [7, 11) is 1.70. The summed E-state index contributed by atoms with van der Waals surface area (Å²) in [6.07, 6.45) is -0.711. The van der Waals surface area contributed by atoms with Gasteiger partial charge in [0.05, 0.1) is 5.56 Å². The number of nitrogens with one attached hydrogen (secondary N) is 2. The van der Waals surface area contributed by atoms with Crippen LogP contribution in [0.3, 0.4) is 0 Å². The minimum atomic E-state index is -4.53. The van der Waals surface area contributed by atoms with Gasteiger partial charge >= 0.3 is 6.18 Å². The fraction of sp³-hybridized carbons (Fsp3) is 0.304. The molecule has 2 N–H and O–H groups in total. The second-order valence-corrected chi connectivity index (χ2v) is 6.81. The lowest BCUT2D eigenvalue weighted by Gasteiger charge is -2.16. The van der Waals surface area contributed by atoms with Crippen molar-refractivity contribution in [3.63, 3.8) is 0 Å². The number of hydrogen-bond acceptors (Lipinski definition) is 3. The molecule has 0 spiro atoms. The van der Waals surface area contributed by atoms with E-state index in [1.807, 2.05) is 13.0 Å². The average Bonchev–Trinajstić information content (AvgIpc) is 2.69. The number of hydrazine groups is 1. The lowest BCUT2D eigenvalue weighted by atomic mass is 9.99. The first-order valence-electron chi connectivity index (χ1n) is 9.32. The lowest BCUT2D eigenvalue weighted by Crippen LogP contribution is -2.26. The highest BCUT2D eigenvalue weighted by Crippen LogP contribution is 2.33. The van der Waals surface area contributed by atoms with Crippen LogP contribution in [0.2, 0.25) is 0 Å². The Hall–Kier alpha value is -2.98. The highest BCUT2D eigenvalue weighted by Gasteiger charge is 2.33. The smallest absolute Gasteiger partial charge is 0.416 e. The molecule has 2 aromatic carbocycles. The molecule has 0 saturated carbocycles. The second kappa shape index (κ2) is 10.2. The number of benzene rings is 2. The molecule has 0 aromatic heterocycles. The number of ether oxygens (including phenoxy) is 1. The number of allylic oxidation sites excluding steroid dienone is 2. The maximum atomic E-state index is 13.4. The highest BCUT2D eigenvalue weighted by atomic mass is 19.4. The summed E-state index contributed by atoms with van der Waals surface area (Å²) in [5.74, 6) is 3.10. The van der Waals surface area contributed by atoms with E-state index in [2.05, 4.69) is 16.8 Å². The Labute approximate surface area is 174 Å². The van der Waals surface area contributed by atoms with Crippen molar-refractivity contribution in [3.8, 4) is 18.1 Å². The van der Waals surface area contributed by atoms with E-state index >= 15 is 0 Å². The zero-order valence-electron chi connectivity index (χ0n) is 17.0. The molecule has 1 unspecified atom stereocenters. The molecule has 0 radical (unpaired) electrons. The van der Waals surface area contributed by atoms with Gasteiger partial charge in [-0.2, -0.15) is 13.2 Å². The highest BCUT2D eigenvalue weighted by molar-refractivity contribution is 5.70. The summed E-state index contributed by atoms with van der Waals surface area (Å²) in [5.41, 5.74) is 7.51. The van der Waals surface area contributed by atoms with Crippen LogP contribution in [0.5, 0.6) is 5.75 Å². The van der Waals surface area contributed by atoms with Gasteiger partial charge in [-0.3, -0.25) is 0 Å². The summed E-state index contributed by atoms with van der Waals surface area (Å²) in [5, 5.41) is 0. The molecule has 2 aromatic rings. The molecule has 0 fully saturated rings. The van der Waals surface area contributed by atoms with Crippen LogP contribution in [0.4, 0.5) is 17.6 Å². The van der Waals surface area contributed by atoms with E-state index in [4.69, 9.17) is 11.2 Å². The Bertz CT molecular complexity index is 943. The van der Waals surface area contributed by atoms with Crippen molar-refractivity contribution in [1.82, 2.24) is 10.9 Å². The number of rotatable bonds is 8. The largest absolute Gasteiger partial charge is 0.489 e. The predicted octanol–water partition coefficient (Wildman–Crippen LogP) is 5.27. The third-order valence-electron chi connectivity index (χ3n) is 4.42. The van der Waals surface area contributed by atoms with E-state index < -0.39 is 17.9 Å². The monoisotopic (exact) mass is 420 g/mol. The van der Waals surface area contributed by atoms with Crippen LogP contribution in [-0.4, -0.2) is 13.2 Å². The van der Waals surface area contributed by atoms with Crippen molar-refractivity contribution in [2.75, 3.05) is 7.05 Å². The zero-order chi connectivity index (χ0) is 22.3. The summed E-state index contributed by atoms with van der Waals surface area (Å²) in [6.45, 7) is 3.14. The predicted molar refractivity (Wildman–Crippen MR) is 110 cm³/mol. The molecule has 0 aliphatic rings. The van der Waals surface area contributed by atoms with Crippen LogP contribution in [-0.2, 0) is 19.2 Å². The van der Waals surface area contributed by atoms with Crippen LogP contribution in [0.25, 0.3) is 5.57 Å². The third kappa shape index (κ3) is 6.26. The SMILES string of the molecule is C#C/C(NNC)=C(/C)c1cccc(OCc2ccc(C(F)(F)F)c(CC(C)F)c2)c1. The van der Waals surface area contributed by atoms with Crippen LogP contribution < -0.4 is 15.6 Å². The second-order valence-electron chi connectivity index (χ2n) is 6.81. The summed E-state index contributed by atoms with van der Waals surface area (Å²) in [4.78, 5) is 0. The topological polar surface area (TPSA) is 33.3 Å². The molecule has 30 heavy (non-hydrogen) atoms. The van der Waals surface area contributed by atoms with Crippen LogP contribution >= 0.6 is 0 Å². The molecular formula is C23H24F4N2O. The molecule has 160 valence electrons. The molecule has 0 amide bonds. The molecule has 7 heteroatoms. The molecule has 0 heterocycles. The van der Waals surface area contributed by atoms with Crippen LogP contribution in [0.15, 0.2) is 48.2 Å². The van der Waals surface area contributed by atoms with Gasteiger partial charge in [0.1, 0.15) is 24.2 Å².